The van der Waals surface area contributed by atoms with Gasteiger partial charge in [0.15, 0.2) is 0 Å². The van der Waals surface area contributed by atoms with Crippen LogP contribution in [0.2, 0.25) is 0 Å². The summed E-state index contributed by atoms with van der Waals surface area (Å²) in [6.45, 7) is -0.401. The first-order valence-electron chi connectivity index (χ1n) is 1.37. The topological polar surface area (TPSA) is 9.23 Å². The summed E-state index contributed by atoms with van der Waals surface area (Å²) in [4.78, 5) is 0. The van der Waals surface area contributed by atoms with Gasteiger partial charge < -0.3 is 0 Å². The van der Waals surface area contributed by atoms with Gasteiger partial charge in [-0.1, -0.05) is 0 Å². The second-order valence-corrected chi connectivity index (χ2v) is 1.68. The maximum absolute atomic E-state index is 10.9. The van der Waals surface area contributed by atoms with Gasteiger partial charge in [-0.05, 0) is 0 Å². The second-order valence-electron chi connectivity index (χ2n) is 0.724. The number of rotatable bonds is 2. The van der Waals surface area contributed by atoms with Crippen LogP contribution in [0.25, 0.3) is 0 Å². The van der Waals surface area contributed by atoms with Crippen molar-refractivity contribution >= 4 is 22.9 Å². The first-order chi connectivity index (χ1) is 2.77. The summed E-state index contributed by atoms with van der Waals surface area (Å²) in [5.41, 5.74) is 0. The molecule has 0 aliphatic carbocycles. The Morgan fingerprint density at radius 3 is 2.17 bits per heavy atom. The van der Waals surface area contributed by atoms with Crippen molar-refractivity contribution in [1.29, 1.82) is 0 Å². The van der Waals surface area contributed by atoms with Gasteiger partial charge in [-0.3, -0.25) is 0 Å². The summed E-state index contributed by atoms with van der Waals surface area (Å²) in [6, 6.07) is 0. The van der Waals surface area contributed by atoms with E-state index in [1.165, 1.54) is 0 Å². The molecule has 0 heterocycles. The molecule has 0 rings (SSSR count). The average Bonchev–Trinajstić information content (AvgIpc) is 1.35. The van der Waals surface area contributed by atoms with Crippen LogP contribution in [-0.2, 0) is 3.07 Å². The molecule has 0 fully saturated rings. The minimum atomic E-state index is -2.29. The molecule has 0 N–H and O–H groups in total. The Balaban J connectivity index is 2.63. The zero-order chi connectivity index (χ0) is 4.99. The molecule has 0 saturated heterocycles. The van der Waals surface area contributed by atoms with Gasteiger partial charge in [0.25, 0.3) is 0 Å². The number of alkyl halides is 2. The molecule has 0 spiro atoms. The third kappa shape index (κ3) is 4.62. The fraction of sp³-hybridized carbons (Fsp3) is 1.00. The summed E-state index contributed by atoms with van der Waals surface area (Å²) in [6.07, 6.45) is -2.29. The van der Waals surface area contributed by atoms with Gasteiger partial charge in [-0.25, -0.2) is 0 Å². The van der Waals surface area contributed by atoms with E-state index >= 15 is 0 Å². The van der Waals surface area contributed by atoms with Gasteiger partial charge in [0.1, 0.15) is 0 Å². The molecule has 0 saturated carbocycles. The summed E-state index contributed by atoms with van der Waals surface area (Å²) in [5, 5.41) is 0. The van der Waals surface area contributed by atoms with E-state index in [1.54, 1.807) is 0 Å². The Morgan fingerprint density at radius 2 is 2.17 bits per heavy atom. The summed E-state index contributed by atoms with van der Waals surface area (Å²) in [7, 11) is 0. The first-order valence-corrected chi connectivity index (χ1v) is 2.71. The molecule has 0 aliphatic rings. The monoisotopic (exact) mass is 202 g/mol. The molecule has 0 unspecified atom stereocenters. The molecule has 0 aromatic rings. The van der Waals surface area contributed by atoms with Crippen molar-refractivity contribution in [3.8, 4) is 0 Å². The van der Waals surface area contributed by atoms with Crippen LogP contribution in [0.4, 0.5) is 8.78 Å². The van der Waals surface area contributed by atoms with E-state index in [2.05, 4.69) is 3.07 Å². The first kappa shape index (κ1) is 6.62. The zero-order valence-electron chi connectivity index (χ0n) is 3.03. The molecule has 0 amide bonds. The van der Waals surface area contributed by atoms with E-state index in [-0.39, 0.29) is 0 Å². The predicted octanol–water partition coefficient (Wildman–Crippen LogP) is 0.0839. The van der Waals surface area contributed by atoms with E-state index in [0.29, 0.717) is 22.9 Å². The molecule has 2 radical (unpaired) electrons. The standard InChI is InChI=1S/C2H3F2O.Sn.H/c3-2(4)1-5;;/h2H,1H2;;/q-1;+1;. The minimum absolute atomic E-state index is 0.401. The van der Waals surface area contributed by atoms with Crippen LogP contribution in [0.15, 0.2) is 0 Å². The van der Waals surface area contributed by atoms with Gasteiger partial charge in [-0.15, -0.1) is 0 Å². The molecule has 0 aliphatic heterocycles. The van der Waals surface area contributed by atoms with Crippen LogP contribution in [0.5, 0.6) is 0 Å². The third-order valence-electron chi connectivity index (χ3n) is 0.222. The van der Waals surface area contributed by atoms with Crippen LogP contribution >= 0.6 is 0 Å². The van der Waals surface area contributed by atoms with Crippen LogP contribution in [0, 0.1) is 0 Å². The number of halogens is 2. The Hall–Kier alpha value is 0.619. The Bertz CT molecular complexity index is 32.7. The van der Waals surface area contributed by atoms with Crippen molar-refractivity contribution in [2.75, 3.05) is 6.61 Å². The van der Waals surface area contributed by atoms with E-state index in [9.17, 15) is 8.78 Å². The van der Waals surface area contributed by atoms with Crippen LogP contribution < -0.4 is 0 Å². The fourth-order valence-corrected chi connectivity index (χ4v) is 0.488. The normalized spacial score (nSPS) is 10.0. The van der Waals surface area contributed by atoms with Crippen molar-refractivity contribution in [1.82, 2.24) is 0 Å². The zero-order valence-corrected chi connectivity index (χ0v) is 6.32. The van der Waals surface area contributed by atoms with Crippen molar-refractivity contribution in [3.05, 3.63) is 0 Å². The van der Waals surface area contributed by atoms with Crippen molar-refractivity contribution in [2.24, 2.45) is 0 Å². The Kier molecular flexibility index (Phi) is 4.19. The second kappa shape index (κ2) is 3.80. The molecule has 1 nitrogen and oxygen atoms in total. The predicted molar refractivity (Wildman–Crippen MR) is 19.1 cm³/mol. The quantitative estimate of drug-likeness (QED) is 0.574. The van der Waals surface area contributed by atoms with Crippen molar-refractivity contribution in [2.45, 2.75) is 6.43 Å². The maximum atomic E-state index is 10.9. The summed E-state index contributed by atoms with van der Waals surface area (Å²) >= 11 is 0.460. The molecule has 0 atom stereocenters. The summed E-state index contributed by atoms with van der Waals surface area (Å²) in [5.74, 6) is 0. The van der Waals surface area contributed by atoms with E-state index in [1.807, 2.05) is 0 Å². The molecule has 36 valence electrons. The Morgan fingerprint density at radius 1 is 1.67 bits per heavy atom. The molecular weight excluding hydrogens is 197 g/mol. The molecule has 0 aromatic heterocycles. The van der Waals surface area contributed by atoms with Gasteiger partial charge in [-0.2, -0.15) is 0 Å². The van der Waals surface area contributed by atoms with Crippen LogP contribution in [0.1, 0.15) is 0 Å². The van der Waals surface area contributed by atoms with E-state index in [0.717, 1.165) is 0 Å². The molecular formula is C2H4F2OSn. The summed E-state index contributed by atoms with van der Waals surface area (Å²) < 4.78 is 26.0. The van der Waals surface area contributed by atoms with Crippen LogP contribution in [0.3, 0.4) is 0 Å². The molecule has 0 aromatic carbocycles. The average molecular weight is 201 g/mol. The molecule has 4 heteroatoms. The number of hydrogen-bond acceptors (Lipinski definition) is 1. The van der Waals surface area contributed by atoms with Gasteiger partial charge in [0, 0.05) is 0 Å². The van der Waals surface area contributed by atoms with Gasteiger partial charge in [0.05, 0.1) is 0 Å². The molecule has 6 heavy (non-hydrogen) atoms. The van der Waals surface area contributed by atoms with Crippen LogP contribution in [-0.4, -0.2) is 36.0 Å². The van der Waals surface area contributed by atoms with E-state index in [4.69, 9.17) is 0 Å². The SMILES string of the molecule is FC(F)C[O][SnH]. The van der Waals surface area contributed by atoms with Gasteiger partial charge in [0.2, 0.25) is 0 Å². The van der Waals surface area contributed by atoms with E-state index < -0.39 is 13.0 Å². The third-order valence-corrected chi connectivity index (χ3v) is 0.771. The van der Waals surface area contributed by atoms with Crippen molar-refractivity contribution in [3.63, 3.8) is 0 Å². The molecule has 0 bridgehead atoms. The fourth-order valence-electron chi connectivity index (χ4n) is 0.0727. The Labute approximate surface area is 48.3 Å². The number of hydrogen-bond donors (Lipinski definition) is 0. The van der Waals surface area contributed by atoms with Crippen molar-refractivity contribution < 1.29 is 11.9 Å². The van der Waals surface area contributed by atoms with Gasteiger partial charge >= 0.3 is 47.8 Å².